The lowest BCUT2D eigenvalue weighted by molar-refractivity contribution is -0.385. The van der Waals surface area contributed by atoms with Crippen LogP contribution in [0.25, 0.3) is 0 Å². The number of anilines is 2. The summed E-state index contributed by atoms with van der Waals surface area (Å²) in [5.74, 6) is -1.61. The number of benzene rings is 3. The number of carboxylic acid groups (broad SMARTS) is 1. The van der Waals surface area contributed by atoms with Crippen LogP contribution in [0, 0.1) is 17.0 Å². The van der Waals surface area contributed by atoms with Gasteiger partial charge in [-0.25, -0.2) is 9.59 Å². The summed E-state index contributed by atoms with van der Waals surface area (Å²) in [4.78, 5) is 46.6. The number of carboxylic acids is 1. The fraction of sp³-hybridized carbons (Fsp3) is 0.192. The molecule has 0 aliphatic heterocycles. The summed E-state index contributed by atoms with van der Waals surface area (Å²) in [6, 6.07) is 13.7. The van der Waals surface area contributed by atoms with E-state index in [1.54, 1.807) is 30.3 Å². The molecule has 0 fully saturated rings. The van der Waals surface area contributed by atoms with E-state index >= 15 is 0 Å². The Hall–Kier alpha value is -4.97. The van der Waals surface area contributed by atoms with E-state index in [1.807, 2.05) is 19.1 Å². The van der Waals surface area contributed by atoms with E-state index in [4.69, 9.17) is 20.3 Å². The molecule has 1 unspecified atom stereocenters. The normalized spacial score (nSPS) is 11.2. The largest absolute Gasteiger partial charge is 0.495 e. The minimum absolute atomic E-state index is 0.0867. The van der Waals surface area contributed by atoms with Crippen LogP contribution in [0.3, 0.4) is 0 Å². The molecule has 38 heavy (non-hydrogen) atoms. The smallest absolute Gasteiger partial charge is 0.335 e. The number of ether oxygens (including phenoxy) is 2. The molecule has 0 bridgehead atoms. The van der Waals surface area contributed by atoms with Gasteiger partial charge in [0.25, 0.3) is 0 Å². The second-order valence-electron chi connectivity index (χ2n) is 8.23. The maximum absolute atomic E-state index is 12.7. The third kappa shape index (κ3) is 7.04. The summed E-state index contributed by atoms with van der Waals surface area (Å²) in [6.45, 7) is 1.51. The zero-order valence-electron chi connectivity index (χ0n) is 20.6. The molecule has 0 saturated heterocycles. The number of nitro benzene ring substituents is 1. The van der Waals surface area contributed by atoms with Crippen LogP contribution in [0.2, 0.25) is 0 Å². The Bertz CT molecular complexity index is 1380. The molecule has 5 N–H and O–H groups in total. The molecule has 0 saturated carbocycles. The van der Waals surface area contributed by atoms with E-state index in [-0.39, 0.29) is 24.3 Å². The highest BCUT2D eigenvalue weighted by molar-refractivity contribution is 6.01. The minimum Gasteiger partial charge on any atom is -0.495 e. The number of hydrogen-bond donors (Lipinski definition) is 4. The van der Waals surface area contributed by atoms with Gasteiger partial charge in [0.15, 0.2) is 11.5 Å². The molecule has 0 aliphatic carbocycles. The zero-order valence-corrected chi connectivity index (χ0v) is 20.6. The average Bonchev–Trinajstić information content (AvgIpc) is 2.89. The Morgan fingerprint density at radius 2 is 1.74 bits per heavy atom. The van der Waals surface area contributed by atoms with Crippen molar-refractivity contribution in [1.82, 2.24) is 0 Å². The van der Waals surface area contributed by atoms with Gasteiger partial charge in [0.2, 0.25) is 0 Å². The van der Waals surface area contributed by atoms with Crippen molar-refractivity contribution in [2.45, 2.75) is 19.4 Å². The number of nitro groups is 1. The number of hydrogen-bond acceptors (Lipinski definition) is 8. The van der Waals surface area contributed by atoms with Gasteiger partial charge in [0.05, 0.1) is 29.3 Å². The van der Waals surface area contributed by atoms with E-state index in [9.17, 15) is 24.5 Å². The van der Waals surface area contributed by atoms with Gasteiger partial charge in [-0.1, -0.05) is 24.3 Å². The third-order valence-electron chi connectivity index (χ3n) is 5.52. The maximum atomic E-state index is 12.7. The summed E-state index contributed by atoms with van der Waals surface area (Å²) in [6.07, 6.45) is -0.0867. The van der Waals surface area contributed by atoms with Crippen LogP contribution in [-0.4, -0.2) is 47.6 Å². The standard InChI is InChI=1S/C26H26N4O8/c1-15-5-3-4-6-19(15)28-26(34)29-20-9-7-16(12-24(20)37-2)11-22(31)18(27)14-38-23-10-8-17(25(32)33)13-21(23)30(35)36/h3-10,12-13,18H,11,14,27H2,1-2H3,(H,32,33)(H2,28,29,34). The summed E-state index contributed by atoms with van der Waals surface area (Å²) in [7, 11) is 1.42. The van der Waals surface area contributed by atoms with E-state index in [0.29, 0.717) is 22.7 Å². The molecule has 1 atom stereocenters. The number of methoxy groups -OCH3 is 1. The van der Waals surface area contributed by atoms with Crippen LogP contribution in [0.5, 0.6) is 11.5 Å². The van der Waals surface area contributed by atoms with Crippen LogP contribution < -0.4 is 25.8 Å². The van der Waals surface area contributed by atoms with Crippen LogP contribution in [0.4, 0.5) is 21.9 Å². The van der Waals surface area contributed by atoms with Gasteiger partial charge in [0.1, 0.15) is 12.4 Å². The van der Waals surface area contributed by atoms with Crippen LogP contribution in [0.1, 0.15) is 21.5 Å². The van der Waals surface area contributed by atoms with Crippen molar-refractivity contribution in [2.24, 2.45) is 5.73 Å². The number of aryl methyl sites for hydroxylation is 1. The molecule has 12 nitrogen and oxygen atoms in total. The van der Waals surface area contributed by atoms with Crippen LogP contribution in [0.15, 0.2) is 60.7 Å². The molecule has 0 spiro atoms. The number of nitrogens with zero attached hydrogens (tertiary/aromatic N) is 1. The van der Waals surface area contributed by atoms with Crippen molar-refractivity contribution in [2.75, 3.05) is 24.4 Å². The molecular formula is C26H26N4O8. The third-order valence-corrected chi connectivity index (χ3v) is 5.52. The van der Waals surface area contributed by atoms with Crippen molar-refractivity contribution < 1.29 is 33.9 Å². The summed E-state index contributed by atoms with van der Waals surface area (Å²) in [5.41, 5.74) is 7.61. The Morgan fingerprint density at radius 1 is 1.03 bits per heavy atom. The number of ketones is 1. The molecule has 0 heterocycles. The molecule has 3 aromatic rings. The van der Waals surface area contributed by atoms with E-state index < -0.39 is 34.4 Å². The van der Waals surface area contributed by atoms with Gasteiger partial charge in [-0.15, -0.1) is 0 Å². The number of nitrogens with one attached hydrogen (secondary N) is 2. The van der Waals surface area contributed by atoms with Gasteiger partial charge in [0, 0.05) is 18.2 Å². The molecule has 0 radical (unpaired) electrons. The SMILES string of the molecule is COc1cc(CC(=O)C(N)COc2ccc(C(=O)O)cc2[N+](=O)[O-])ccc1NC(=O)Nc1ccccc1C. The molecule has 0 aromatic heterocycles. The van der Waals surface area contributed by atoms with Crippen molar-refractivity contribution >= 4 is 34.8 Å². The van der Waals surface area contributed by atoms with Crippen molar-refractivity contribution in [3.05, 3.63) is 87.5 Å². The predicted molar refractivity (Wildman–Crippen MR) is 139 cm³/mol. The van der Waals surface area contributed by atoms with E-state index in [1.165, 1.54) is 7.11 Å². The quantitative estimate of drug-likeness (QED) is 0.215. The molecule has 198 valence electrons. The van der Waals surface area contributed by atoms with Gasteiger partial charge >= 0.3 is 17.7 Å². The summed E-state index contributed by atoms with van der Waals surface area (Å²) < 4.78 is 10.7. The maximum Gasteiger partial charge on any atom is 0.335 e. The topological polar surface area (TPSA) is 183 Å². The van der Waals surface area contributed by atoms with Crippen LogP contribution >= 0.6 is 0 Å². The number of rotatable bonds is 11. The van der Waals surface area contributed by atoms with E-state index in [2.05, 4.69) is 10.6 Å². The molecular weight excluding hydrogens is 496 g/mol. The summed E-state index contributed by atoms with van der Waals surface area (Å²) >= 11 is 0. The first kappa shape index (κ1) is 27.6. The van der Waals surface area contributed by atoms with Gasteiger partial charge in [-0.3, -0.25) is 14.9 Å². The van der Waals surface area contributed by atoms with Crippen molar-refractivity contribution in [3.8, 4) is 11.5 Å². The monoisotopic (exact) mass is 522 g/mol. The number of aromatic carboxylic acids is 1. The minimum atomic E-state index is -1.32. The first-order chi connectivity index (χ1) is 18.1. The Balaban J connectivity index is 1.62. The Kier molecular flexibility index (Phi) is 8.95. The van der Waals surface area contributed by atoms with E-state index in [0.717, 1.165) is 23.8 Å². The van der Waals surface area contributed by atoms with Gasteiger partial charge < -0.3 is 30.9 Å². The lowest BCUT2D eigenvalue weighted by atomic mass is 10.0. The fourth-order valence-electron chi connectivity index (χ4n) is 3.46. The predicted octanol–water partition coefficient (Wildman–Crippen LogP) is 3.77. The zero-order chi connectivity index (χ0) is 27.8. The molecule has 3 rings (SSSR count). The second kappa shape index (κ2) is 12.3. The highest BCUT2D eigenvalue weighted by Crippen LogP contribution is 2.29. The lowest BCUT2D eigenvalue weighted by Crippen LogP contribution is -2.37. The summed E-state index contributed by atoms with van der Waals surface area (Å²) in [5, 5.41) is 25.8. The first-order valence-electron chi connectivity index (χ1n) is 11.3. The lowest BCUT2D eigenvalue weighted by Gasteiger charge is -2.15. The number of amides is 2. The average molecular weight is 523 g/mol. The number of carbonyl (C=O) groups excluding carboxylic acids is 2. The highest BCUT2D eigenvalue weighted by atomic mass is 16.6. The van der Waals surface area contributed by atoms with Crippen LogP contribution in [-0.2, 0) is 11.2 Å². The number of urea groups is 1. The van der Waals surface area contributed by atoms with Crippen molar-refractivity contribution in [3.63, 3.8) is 0 Å². The number of nitrogens with two attached hydrogens (primary N) is 1. The molecule has 12 heteroatoms. The number of carbonyl (C=O) groups is 3. The Morgan fingerprint density at radius 3 is 2.39 bits per heavy atom. The highest BCUT2D eigenvalue weighted by Gasteiger charge is 2.22. The van der Waals surface area contributed by atoms with Gasteiger partial charge in [-0.05, 0) is 48.4 Å². The number of Topliss-reactive ketones (excluding diaryl/α,β-unsaturated/α-hetero) is 1. The number of para-hydroxylation sites is 1. The molecule has 3 aromatic carbocycles. The fourth-order valence-corrected chi connectivity index (χ4v) is 3.46. The van der Waals surface area contributed by atoms with Crippen molar-refractivity contribution in [1.29, 1.82) is 0 Å². The first-order valence-corrected chi connectivity index (χ1v) is 11.3. The van der Waals surface area contributed by atoms with Gasteiger partial charge in [-0.2, -0.15) is 0 Å². The Labute approximate surface area is 217 Å². The molecule has 0 aliphatic rings. The second-order valence-corrected chi connectivity index (χ2v) is 8.23. The molecule has 2 amide bonds.